The van der Waals surface area contributed by atoms with E-state index in [4.69, 9.17) is 18.9 Å². The first-order chi connectivity index (χ1) is 21.5. The highest BCUT2D eigenvalue weighted by Crippen LogP contribution is 2.22. The van der Waals surface area contributed by atoms with E-state index in [1.807, 2.05) is 12.1 Å². The van der Waals surface area contributed by atoms with Crippen LogP contribution in [0.3, 0.4) is 0 Å². The molecule has 3 heterocycles. The maximum Gasteiger partial charge on any atom is 0.271 e. The largest absolute Gasteiger partial charge is 0.458 e. The number of ether oxygens (including phenoxy) is 4. The van der Waals surface area contributed by atoms with E-state index in [0.29, 0.717) is 47.3 Å². The zero-order valence-corrected chi connectivity index (χ0v) is 24.0. The third-order valence-electron chi connectivity index (χ3n) is 6.42. The molecule has 4 aromatic rings. The van der Waals surface area contributed by atoms with Crippen molar-refractivity contribution in [3.63, 3.8) is 0 Å². The van der Waals surface area contributed by atoms with Crippen LogP contribution < -0.4 is 20.3 Å². The number of carbonyl (C=O) groups excluding carboxylic acids is 2. The lowest BCUT2D eigenvalue weighted by Gasteiger charge is -2.31. The number of rotatable bonds is 10. The first-order valence-corrected chi connectivity index (χ1v) is 13.7. The molecule has 2 atom stereocenters. The van der Waals surface area contributed by atoms with Gasteiger partial charge in [-0.3, -0.25) is 19.6 Å². The standard InChI is InChI=1S/C32H30N6O6/c1-21(25-5-3-15-33-19-25)35-37-29(39)23-7-11-27(12-8-23)43-31-32(42-18-17-41-31)44-28-13-9-24(10-14-28)30(40)38-36-22(2)26-6-4-16-34-20-26/h3-16,19-20,31-32H,17-18H2,1-2H3,(H,37,39)(H,38,40)/b35-21-,36-22-/t31-,32+. The van der Waals surface area contributed by atoms with Gasteiger partial charge in [-0.15, -0.1) is 0 Å². The molecule has 0 bridgehead atoms. The second kappa shape index (κ2) is 14.6. The Balaban J connectivity index is 1.14. The third-order valence-corrected chi connectivity index (χ3v) is 6.42. The summed E-state index contributed by atoms with van der Waals surface area (Å²) < 4.78 is 23.4. The lowest BCUT2D eigenvalue weighted by Crippen LogP contribution is -2.45. The molecule has 2 aromatic carbocycles. The van der Waals surface area contributed by atoms with Gasteiger partial charge in [0.15, 0.2) is 0 Å². The van der Waals surface area contributed by atoms with Gasteiger partial charge < -0.3 is 18.9 Å². The molecule has 0 radical (unpaired) electrons. The highest BCUT2D eigenvalue weighted by atomic mass is 16.8. The monoisotopic (exact) mass is 594 g/mol. The summed E-state index contributed by atoms with van der Waals surface area (Å²) >= 11 is 0. The van der Waals surface area contributed by atoms with Crippen LogP contribution in [0.5, 0.6) is 11.5 Å². The number of nitrogens with one attached hydrogen (secondary N) is 2. The van der Waals surface area contributed by atoms with Crippen molar-refractivity contribution in [3.05, 3.63) is 120 Å². The molecule has 1 saturated heterocycles. The minimum absolute atomic E-state index is 0.317. The van der Waals surface area contributed by atoms with E-state index in [9.17, 15) is 9.59 Å². The number of nitrogens with zero attached hydrogens (tertiary/aromatic N) is 4. The first kappa shape index (κ1) is 30.0. The van der Waals surface area contributed by atoms with Crippen LogP contribution in [-0.4, -0.2) is 59.0 Å². The molecule has 1 aliphatic heterocycles. The number of hydrazone groups is 2. The number of hydrogen-bond acceptors (Lipinski definition) is 10. The quantitative estimate of drug-likeness (QED) is 0.207. The smallest absolute Gasteiger partial charge is 0.271 e. The molecule has 12 heteroatoms. The summed E-state index contributed by atoms with van der Waals surface area (Å²) in [5, 5.41) is 8.28. The van der Waals surface area contributed by atoms with E-state index in [-0.39, 0.29) is 11.8 Å². The highest BCUT2D eigenvalue weighted by molar-refractivity contribution is 6.01. The van der Waals surface area contributed by atoms with Crippen molar-refractivity contribution in [3.8, 4) is 11.5 Å². The van der Waals surface area contributed by atoms with Crippen LogP contribution in [0.4, 0.5) is 0 Å². The zero-order chi connectivity index (χ0) is 30.7. The van der Waals surface area contributed by atoms with Crippen LogP contribution in [0.15, 0.2) is 108 Å². The minimum Gasteiger partial charge on any atom is -0.458 e. The summed E-state index contributed by atoms with van der Waals surface area (Å²) in [6.07, 6.45) is 4.93. The second-order valence-electron chi connectivity index (χ2n) is 9.52. The van der Waals surface area contributed by atoms with E-state index >= 15 is 0 Å². The Kier molecular flexibility index (Phi) is 9.98. The SMILES string of the molecule is C/C(=N/NC(=O)c1ccc(O[C@H]2OCCO[C@H]2Oc2ccc(C(=O)N/N=C(/C)c3cccnc3)cc2)cc1)c1cccnc1. The molecule has 224 valence electrons. The molecule has 2 aromatic heterocycles. The molecule has 0 unspecified atom stereocenters. The average Bonchev–Trinajstić information content (AvgIpc) is 3.08. The predicted molar refractivity (Wildman–Crippen MR) is 161 cm³/mol. The molecule has 44 heavy (non-hydrogen) atoms. The Labute approximate surface area is 253 Å². The number of carbonyl (C=O) groups is 2. The average molecular weight is 595 g/mol. The van der Waals surface area contributed by atoms with Crippen LogP contribution >= 0.6 is 0 Å². The first-order valence-electron chi connectivity index (χ1n) is 13.7. The number of aromatic nitrogens is 2. The fourth-order valence-electron chi connectivity index (χ4n) is 3.98. The number of hydrogen-bond donors (Lipinski definition) is 2. The zero-order valence-electron chi connectivity index (χ0n) is 24.0. The molecule has 2 amide bonds. The van der Waals surface area contributed by atoms with Gasteiger partial charge >= 0.3 is 0 Å². The Morgan fingerprint density at radius 3 is 1.43 bits per heavy atom. The van der Waals surface area contributed by atoms with E-state index in [2.05, 4.69) is 31.0 Å². The Hall–Kier alpha value is -5.46. The predicted octanol–water partition coefficient (Wildman–Crippen LogP) is 3.94. The normalized spacial score (nSPS) is 17.0. The van der Waals surface area contributed by atoms with Crippen LogP contribution in [0.25, 0.3) is 0 Å². The fraction of sp³-hybridized carbons (Fsp3) is 0.188. The molecule has 1 fully saturated rings. The van der Waals surface area contributed by atoms with E-state index in [1.54, 1.807) is 99.3 Å². The minimum atomic E-state index is -0.872. The topological polar surface area (TPSA) is 146 Å². The molecule has 0 aliphatic carbocycles. The second-order valence-corrected chi connectivity index (χ2v) is 9.52. The summed E-state index contributed by atoms with van der Waals surface area (Å²) in [5.74, 6) is 0.168. The van der Waals surface area contributed by atoms with Gasteiger partial charge in [0.25, 0.3) is 24.4 Å². The van der Waals surface area contributed by atoms with Crippen molar-refractivity contribution in [2.24, 2.45) is 10.2 Å². The number of amides is 2. The molecule has 12 nitrogen and oxygen atoms in total. The van der Waals surface area contributed by atoms with Crippen LogP contribution in [0.1, 0.15) is 45.7 Å². The highest BCUT2D eigenvalue weighted by Gasteiger charge is 2.31. The van der Waals surface area contributed by atoms with Crippen LogP contribution in [0, 0.1) is 0 Å². The van der Waals surface area contributed by atoms with Gasteiger partial charge in [0.2, 0.25) is 0 Å². The van der Waals surface area contributed by atoms with Crippen molar-refractivity contribution < 1.29 is 28.5 Å². The maximum absolute atomic E-state index is 12.6. The molecule has 5 rings (SSSR count). The van der Waals surface area contributed by atoms with Crippen molar-refractivity contribution in [2.45, 2.75) is 26.4 Å². The van der Waals surface area contributed by atoms with Crippen molar-refractivity contribution in [1.29, 1.82) is 0 Å². The molecule has 0 spiro atoms. The summed E-state index contributed by atoms with van der Waals surface area (Å²) in [6, 6.07) is 20.4. The number of pyridine rings is 2. The van der Waals surface area contributed by atoms with Crippen LogP contribution in [0.2, 0.25) is 0 Å². The van der Waals surface area contributed by atoms with E-state index in [0.717, 1.165) is 11.1 Å². The van der Waals surface area contributed by atoms with Crippen LogP contribution in [-0.2, 0) is 9.47 Å². The van der Waals surface area contributed by atoms with Crippen molar-refractivity contribution >= 4 is 23.2 Å². The van der Waals surface area contributed by atoms with Gasteiger partial charge in [0.05, 0.1) is 24.6 Å². The Bertz CT molecular complexity index is 1490. The summed E-state index contributed by atoms with van der Waals surface area (Å²) in [4.78, 5) is 33.2. The molecular weight excluding hydrogens is 564 g/mol. The Morgan fingerprint density at radius 2 is 1.07 bits per heavy atom. The summed E-state index contributed by atoms with van der Waals surface area (Å²) in [7, 11) is 0. The lowest BCUT2D eigenvalue weighted by atomic mass is 10.2. The van der Waals surface area contributed by atoms with Gasteiger partial charge in [0.1, 0.15) is 11.5 Å². The Morgan fingerprint density at radius 1 is 0.659 bits per heavy atom. The van der Waals surface area contributed by atoms with Gasteiger partial charge in [-0.25, -0.2) is 10.9 Å². The van der Waals surface area contributed by atoms with E-state index < -0.39 is 12.6 Å². The molecule has 2 N–H and O–H groups in total. The van der Waals surface area contributed by atoms with Crippen molar-refractivity contribution in [1.82, 2.24) is 20.8 Å². The third kappa shape index (κ3) is 8.09. The molecular formula is C32H30N6O6. The molecule has 1 aliphatic rings. The maximum atomic E-state index is 12.6. The fourth-order valence-corrected chi connectivity index (χ4v) is 3.98. The summed E-state index contributed by atoms with van der Waals surface area (Å²) in [6.45, 7) is 4.20. The van der Waals surface area contributed by atoms with Crippen molar-refractivity contribution in [2.75, 3.05) is 13.2 Å². The summed E-state index contributed by atoms with van der Waals surface area (Å²) in [5.41, 5.74) is 8.76. The molecule has 0 saturated carbocycles. The van der Waals surface area contributed by atoms with Gasteiger partial charge in [-0.05, 0) is 74.5 Å². The van der Waals surface area contributed by atoms with Gasteiger partial charge in [-0.1, -0.05) is 12.1 Å². The van der Waals surface area contributed by atoms with Gasteiger partial charge in [-0.2, -0.15) is 10.2 Å². The lowest BCUT2D eigenvalue weighted by molar-refractivity contribution is -0.271. The van der Waals surface area contributed by atoms with E-state index in [1.165, 1.54) is 0 Å². The van der Waals surface area contributed by atoms with Gasteiger partial charge in [0, 0.05) is 47.0 Å². The number of benzene rings is 2.